The van der Waals surface area contributed by atoms with Crippen LogP contribution < -0.4 is 0 Å². The van der Waals surface area contributed by atoms with Crippen LogP contribution in [0.25, 0.3) is 31.0 Å². The molecule has 0 saturated heterocycles. The van der Waals surface area contributed by atoms with E-state index in [4.69, 9.17) is 0 Å². The molecular formula is C15H12BrN3S3. The maximum atomic E-state index is 4.57. The van der Waals surface area contributed by atoms with E-state index in [1.165, 1.54) is 30.9 Å². The van der Waals surface area contributed by atoms with E-state index in [9.17, 15) is 0 Å². The van der Waals surface area contributed by atoms with E-state index in [0.29, 0.717) is 5.92 Å². The van der Waals surface area contributed by atoms with Crippen molar-refractivity contribution < 1.29 is 0 Å². The highest BCUT2D eigenvalue weighted by Gasteiger charge is 2.16. The number of pyridine rings is 1. The van der Waals surface area contributed by atoms with E-state index < -0.39 is 0 Å². The predicted octanol–water partition coefficient (Wildman–Crippen LogP) is 5.99. The fraction of sp³-hybridized carbons (Fsp3) is 0.267. The standard InChI is InChI=1S/C15H12BrN3S3/c1-7(2)3-8-4-10-11(20-8)5-12(21-10)14-15-13(18-22-19-15)9(16)6-17-14/h4-7H,3H2,1-2H3. The summed E-state index contributed by atoms with van der Waals surface area (Å²) in [5.74, 6) is 0.695. The largest absolute Gasteiger partial charge is 0.252 e. The van der Waals surface area contributed by atoms with Gasteiger partial charge in [-0.05, 0) is 40.4 Å². The van der Waals surface area contributed by atoms with Crippen LogP contribution in [-0.4, -0.2) is 13.7 Å². The van der Waals surface area contributed by atoms with Crippen LogP contribution in [0.15, 0.2) is 22.8 Å². The summed E-state index contributed by atoms with van der Waals surface area (Å²) in [6.45, 7) is 4.52. The van der Waals surface area contributed by atoms with Crippen molar-refractivity contribution in [3.63, 3.8) is 0 Å². The second-order valence-corrected chi connectivity index (χ2v) is 9.20. The molecule has 0 atom stereocenters. The first-order valence-corrected chi connectivity index (χ1v) is 10.1. The molecule has 4 heterocycles. The van der Waals surface area contributed by atoms with Crippen LogP contribution in [0.4, 0.5) is 0 Å². The van der Waals surface area contributed by atoms with Crippen LogP contribution in [0.3, 0.4) is 0 Å². The monoisotopic (exact) mass is 409 g/mol. The highest BCUT2D eigenvalue weighted by molar-refractivity contribution is 9.10. The lowest BCUT2D eigenvalue weighted by Gasteiger charge is -2.00. The second kappa shape index (κ2) is 5.63. The molecular weight excluding hydrogens is 398 g/mol. The van der Waals surface area contributed by atoms with Gasteiger partial charge in [-0.1, -0.05) is 13.8 Å². The van der Waals surface area contributed by atoms with Crippen molar-refractivity contribution in [1.29, 1.82) is 0 Å². The van der Waals surface area contributed by atoms with Gasteiger partial charge in [0.2, 0.25) is 0 Å². The van der Waals surface area contributed by atoms with Gasteiger partial charge in [-0.15, -0.1) is 22.7 Å². The van der Waals surface area contributed by atoms with Crippen LogP contribution in [-0.2, 0) is 6.42 Å². The van der Waals surface area contributed by atoms with Gasteiger partial charge in [-0.25, -0.2) is 0 Å². The van der Waals surface area contributed by atoms with Gasteiger partial charge < -0.3 is 0 Å². The Morgan fingerprint density at radius 3 is 2.64 bits per heavy atom. The Bertz CT molecular complexity index is 936. The molecule has 0 aliphatic heterocycles. The Kier molecular flexibility index (Phi) is 3.76. The van der Waals surface area contributed by atoms with Gasteiger partial charge in [-0.2, -0.15) is 8.75 Å². The van der Waals surface area contributed by atoms with Crippen molar-refractivity contribution in [2.45, 2.75) is 20.3 Å². The first kappa shape index (κ1) is 14.7. The molecule has 112 valence electrons. The van der Waals surface area contributed by atoms with Crippen LogP contribution >= 0.6 is 50.3 Å². The molecule has 0 aliphatic carbocycles. The van der Waals surface area contributed by atoms with Gasteiger partial charge in [-0.3, -0.25) is 4.98 Å². The van der Waals surface area contributed by atoms with E-state index in [0.717, 1.165) is 27.6 Å². The molecule has 4 aromatic heterocycles. The lowest BCUT2D eigenvalue weighted by molar-refractivity contribution is 0.654. The maximum Gasteiger partial charge on any atom is 0.133 e. The summed E-state index contributed by atoms with van der Waals surface area (Å²) in [4.78, 5) is 7.20. The first-order valence-electron chi connectivity index (χ1n) is 6.91. The van der Waals surface area contributed by atoms with Crippen molar-refractivity contribution in [3.8, 4) is 10.6 Å². The quantitative estimate of drug-likeness (QED) is 0.416. The van der Waals surface area contributed by atoms with Crippen LogP contribution in [0.2, 0.25) is 0 Å². The lowest BCUT2D eigenvalue weighted by atomic mass is 10.1. The van der Waals surface area contributed by atoms with Crippen LogP contribution in [0.5, 0.6) is 0 Å². The minimum absolute atomic E-state index is 0.695. The molecule has 0 unspecified atom stereocenters. The minimum Gasteiger partial charge on any atom is -0.252 e. The smallest absolute Gasteiger partial charge is 0.133 e. The Hall–Kier alpha value is -0.890. The molecule has 3 nitrogen and oxygen atoms in total. The van der Waals surface area contributed by atoms with E-state index in [1.54, 1.807) is 11.3 Å². The predicted molar refractivity (Wildman–Crippen MR) is 100 cm³/mol. The number of halogens is 1. The van der Waals surface area contributed by atoms with Gasteiger partial charge in [0.25, 0.3) is 0 Å². The van der Waals surface area contributed by atoms with Gasteiger partial charge in [0.15, 0.2) is 0 Å². The molecule has 0 amide bonds. The molecule has 4 aromatic rings. The zero-order chi connectivity index (χ0) is 15.3. The molecule has 0 fully saturated rings. The van der Waals surface area contributed by atoms with E-state index in [1.807, 2.05) is 17.5 Å². The molecule has 0 saturated carbocycles. The number of hydrogen-bond donors (Lipinski definition) is 0. The SMILES string of the molecule is CC(C)Cc1cc2sc(-c3ncc(Br)c4nsnc34)cc2s1. The highest BCUT2D eigenvalue weighted by atomic mass is 79.9. The van der Waals surface area contributed by atoms with E-state index in [2.05, 4.69) is 55.6 Å². The summed E-state index contributed by atoms with van der Waals surface area (Å²) in [6.07, 6.45) is 2.97. The zero-order valence-electron chi connectivity index (χ0n) is 12.0. The number of aromatic nitrogens is 3. The summed E-state index contributed by atoms with van der Waals surface area (Å²) in [5.41, 5.74) is 2.72. The Morgan fingerprint density at radius 2 is 1.86 bits per heavy atom. The summed E-state index contributed by atoms with van der Waals surface area (Å²) < 4.78 is 12.3. The summed E-state index contributed by atoms with van der Waals surface area (Å²) in [6, 6.07) is 4.56. The van der Waals surface area contributed by atoms with Crippen LogP contribution in [0, 0.1) is 5.92 Å². The summed E-state index contributed by atoms with van der Waals surface area (Å²) in [7, 11) is 0. The molecule has 0 aliphatic rings. The normalized spacial score (nSPS) is 12.0. The Morgan fingerprint density at radius 1 is 1.09 bits per heavy atom. The third-order valence-corrected chi connectivity index (χ3v) is 6.78. The van der Waals surface area contributed by atoms with E-state index >= 15 is 0 Å². The van der Waals surface area contributed by atoms with Gasteiger partial charge in [0.05, 0.1) is 21.1 Å². The Balaban J connectivity index is 1.81. The average Bonchev–Trinajstić information content (AvgIpc) is 3.12. The molecule has 0 spiro atoms. The van der Waals surface area contributed by atoms with Crippen molar-refractivity contribution in [2.75, 3.05) is 0 Å². The topological polar surface area (TPSA) is 38.7 Å². The molecule has 4 rings (SSSR count). The molecule has 7 heteroatoms. The summed E-state index contributed by atoms with van der Waals surface area (Å²) >= 11 is 8.40. The van der Waals surface area contributed by atoms with Crippen molar-refractivity contribution in [2.24, 2.45) is 5.92 Å². The lowest BCUT2D eigenvalue weighted by Crippen LogP contribution is -1.89. The number of thiophene rings is 2. The molecule has 0 bridgehead atoms. The van der Waals surface area contributed by atoms with Crippen LogP contribution in [0.1, 0.15) is 18.7 Å². The highest BCUT2D eigenvalue weighted by Crippen LogP contribution is 2.40. The fourth-order valence-electron chi connectivity index (χ4n) is 2.43. The van der Waals surface area contributed by atoms with Crippen molar-refractivity contribution >= 4 is 70.8 Å². The summed E-state index contributed by atoms with van der Waals surface area (Å²) in [5, 5.41) is 0. The number of hydrogen-bond acceptors (Lipinski definition) is 6. The second-order valence-electron chi connectivity index (χ2n) is 5.57. The minimum atomic E-state index is 0.695. The maximum absolute atomic E-state index is 4.57. The van der Waals surface area contributed by atoms with Gasteiger partial charge >= 0.3 is 0 Å². The van der Waals surface area contributed by atoms with Gasteiger partial charge in [0.1, 0.15) is 16.7 Å². The molecule has 22 heavy (non-hydrogen) atoms. The third-order valence-electron chi connectivity index (χ3n) is 3.35. The van der Waals surface area contributed by atoms with E-state index in [-0.39, 0.29) is 0 Å². The average molecular weight is 410 g/mol. The number of nitrogens with zero attached hydrogens (tertiary/aromatic N) is 3. The number of rotatable bonds is 3. The van der Waals surface area contributed by atoms with Crippen molar-refractivity contribution in [1.82, 2.24) is 13.7 Å². The van der Waals surface area contributed by atoms with Crippen molar-refractivity contribution in [3.05, 3.63) is 27.7 Å². The van der Waals surface area contributed by atoms with Gasteiger partial charge in [0, 0.05) is 20.5 Å². The zero-order valence-corrected chi connectivity index (χ0v) is 16.0. The fourth-order valence-corrected chi connectivity index (χ4v) is 6.12. The molecule has 0 radical (unpaired) electrons. The molecule has 0 aromatic carbocycles. The third kappa shape index (κ3) is 2.50. The number of fused-ring (bicyclic) bond motifs is 2. The first-order chi connectivity index (χ1) is 10.6. The Labute approximate surface area is 148 Å². The molecule has 0 N–H and O–H groups in total.